The van der Waals surface area contributed by atoms with Crippen LogP contribution in [0.4, 0.5) is 0 Å². The normalized spacial score (nSPS) is 13.4. The molecule has 0 saturated carbocycles. The lowest BCUT2D eigenvalue weighted by molar-refractivity contribution is -0.129. The third-order valence-corrected chi connectivity index (χ3v) is 6.03. The van der Waals surface area contributed by atoms with Crippen LogP contribution in [0.1, 0.15) is 28.1 Å². The Morgan fingerprint density at radius 2 is 1.96 bits per heavy atom. The number of oxazole rings is 1. The monoisotopic (exact) mass is 392 g/mol. The maximum Gasteiger partial charge on any atom is 0.232 e. The van der Waals surface area contributed by atoms with Crippen molar-refractivity contribution in [3.63, 3.8) is 0 Å². The van der Waals surface area contributed by atoms with Gasteiger partial charge in [-0.2, -0.15) is 0 Å². The number of hydrogen-bond acceptors (Lipinski definition) is 4. The van der Waals surface area contributed by atoms with E-state index in [1.54, 1.807) is 11.8 Å². The lowest BCUT2D eigenvalue weighted by Gasteiger charge is -2.28. The van der Waals surface area contributed by atoms with E-state index >= 15 is 0 Å². The number of nitrogens with zero attached hydrogens (tertiary/aromatic N) is 2. The molecule has 5 heteroatoms. The molecule has 0 spiro atoms. The molecule has 3 aromatic rings. The third-order valence-electron chi connectivity index (χ3n) is 5.11. The summed E-state index contributed by atoms with van der Waals surface area (Å²) in [6.07, 6.45) is 0.939. The number of amides is 1. The molecule has 4 nitrogen and oxygen atoms in total. The molecule has 0 atom stereocenters. The molecule has 2 heterocycles. The number of fused-ring (bicyclic) bond motifs is 1. The highest BCUT2D eigenvalue weighted by Crippen LogP contribution is 2.25. The summed E-state index contributed by atoms with van der Waals surface area (Å²) in [6, 6.07) is 16.5. The van der Waals surface area contributed by atoms with Gasteiger partial charge in [-0.05, 0) is 43.5 Å². The van der Waals surface area contributed by atoms with Gasteiger partial charge in [0.2, 0.25) is 11.8 Å². The van der Waals surface area contributed by atoms with E-state index in [0.717, 1.165) is 36.5 Å². The summed E-state index contributed by atoms with van der Waals surface area (Å²) >= 11 is 1.60. The Hall–Kier alpha value is -2.53. The Kier molecular flexibility index (Phi) is 5.53. The summed E-state index contributed by atoms with van der Waals surface area (Å²) in [5.74, 6) is 2.81. The molecule has 28 heavy (non-hydrogen) atoms. The maximum atomic E-state index is 12.6. The van der Waals surface area contributed by atoms with E-state index in [9.17, 15) is 4.79 Å². The molecule has 144 valence electrons. The van der Waals surface area contributed by atoms with E-state index in [1.165, 1.54) is 16.7 Å². The fraction of sp³-hybridized carbons (Fsp3) is 0.304. The van der Waals surface area contributed by atoms with Crippen molar-refractivity contribution in [3.05, 3.63) is 76.7 Å². The first kappa shape index (κ1) is 18.8. The Morgan fingerprint density at radius 3 is 2.79 bits per heavy atom. The molecule has 0 saturated heterocycles. The average Bonchev–Trinajstić information content (AvgIpc) is 3.08. The molecule has 0 unspecified atom stereocenters. The molecule has 1 aliphatic heterocycles. The second-order valence-corrected chi connectivity index (χ2v) is 8.20. The van der Waals surface area contributed by atoms with Crippen molar-refractivity contribution in [2.45, 2.75) is 32.6 Å². The Bertz CT molecular complexity index is 996. The lowest BCUT2D eigenvalue weighted by Crippen LogP contribution is -2.37. The fourth-order valence-electron chi connectivity index (χ4n) is 3.50. The molecule has 1 amide bonds. The number of aryl methyl sites for hydroxylation is 2. The molecule has 1 aromatic heterocycles. The Morgan fingerprint density at radius 1 is 1.14 bits per heavy atom. The average molecular weight is 393 g/mol. The highest BCUT2D eigenvalue weighted by atomic mass is 32.2. The van der Waals surface area contributed by atoms with Crippen molar-refractivity contribution in [2.75, 3.05) is 12.3 Å². The van der Waals surface area contributed by atoms with E-state index < -0.39 is 0 Å². The maximum absolute atomic E-state index is 12.6. The van der Waals surface area contributed by atoms with E-state index in [4.69, 9.17) is 4.42 Å². The zero-order chi connectivity index (χ0) is 19.5. The van der Waals surface area contributed by atoms with E-state index in [-0.39, 0.29) is 5.91 Å². The van der Waals surface area contributed by atoms with Gasteiger partial charge in [-0.1, -0.05) is 42.0 Å². The van der Waals surface area contributed by atoms with Gasteiger partial charge in [-0.15, -0.1) is 11.8 Å². The van der Waals surface area contributed by atoms with Gasteiger partial charge in [0, 0.05) is 24.4 Å². The van der Waals surface area contributed by atoms with Crippen LogP contribution in [0, 0.1) is 13.8 Å². The van der Waals surface area contributed by atoms with Gasteiger partial charge in [0.05, 0.1) is 11.4 Å². The number of aromatic nitrogens is 1. The predicted molar refractivity (Wildman–Crippen MR) is 113 cm³/mol. The van der Waals surface area contributed by atoms with Crippen LogP contribution >= 0.6 is 11.8 Å². The van der Waals surface area contributed by atoms with Crippen molar-refractivity contribution >= 4 is 17.7 Å². The topological polar surface area (TPSA) is 46.3 Å². The second-order valence-electron chi connectivity index (χ2n) is 7.22. The smallest absolute Gasteiger partial charge is 0.232 e. The first-order valence-corrected chi connectivity index (χ1v) is 10.7. The highest BCUT2D eigenvalue weighted by Gasteiger charge is 2.20. The Labute approximate surface area is 170 Å². The predicted octanol–water partition coefficient (Wildman–Crippen LogP) is 4.78. The quantitative estimate of drug-likeness (QED) is 0.627. The van der Waals surface area contributed by atoms with Crippen LogP contribution in [0.25, 0.3) is 11.5 Å². The van der Waals surface area contributed by atoms with Crippen LogP contribution in [-0.4, -0.2) is 28.1 Å². The minimum absolute atomic E-state index is 0.194. The zero-order valence-electron chi connectivity index (χ0n) is 16.3. The van der Waals surface area contributed by atoms with Crippen LogP contribution < -0.4 is 0 Å². The summed E-state index contributed by atoms with van der Waals surface area (Å²) < 4.78 is 5.85. The number of thioether (sulfide) groups is 1. The van der Waals surface area contributed by atoms with E-state index in [0.29, 0.717) is 17.4 Å². The highest BCUT2D eigenvalue weighted by molar-refractivity contribution is 7.99. The summed E-state index contributed by atoms with van der Waals surface area (Å²) in [7, 11) is 0. The fourth-order valence-corrected chi connectivity index (χ4v) is 4.42. The van der Waals surface area contributed by atoms with E-state index in [2.05, 4.69) is 42.2 Å². The third kappa shape index (κ3) is 4.14. The number of carbonyl (C=O) groups excluding carboxylic acids is 1. The molecule has 1 aliphatic rings. The molecule has 4 rings (SSSR count). The molecular weight excluding hydrogens is 368 g/mol. The molecule has 2 aromatic carbocycles. The van der Waals surface area contributed by atoms with Crippen molar-refractivity contribution < 1.29 is 9.21 Å². The standard InChI is InChI=1S/C23H24N2O2S/c1-16-6-5-9-19(12-16)23-24-21(17(2)27-23)14-28-15-22(26)25-11-10-18-7-3-4-8-20(18)13-25/h3-9,12H,10-11,13-15H2,1-2H3. The van der Waals surface area contributed by atoms with Gasteiger partial charge >= 0.3 is 0 Å². The van der Waals surface area contributed by atoms with Gasteiger partial charge < -0.3 is 9.32 Å². The SMILES string of the molecule is Cc1cccc(-c2nc(CSCC(=O)N3CCc4ccccc4C3)c(C)o2)c1. The van der Waals surface area contributed by atoms with Gasteiger partial charge in [0.1, 0.15) is 5.76 Å². The minimum Gasteiger partial charge on any atom is -0.441 e. The van der Waals surface area contributed by atoms with Crippen LogP contribution in [-0.2, 0) is 23.5 Å². The van der Waals surface area contributed by atoms with E-state index in [1.807, 2.05) is 30.0 Å². The van der Waals surface area contributed by atoms with Crippen molar-refractivity contribution in [1.29, 1.82) is 0 Å². The lowest BCUT2D eigenvalue weighted by atomic mass is 10.00. The minimum atomic E-state index is 0.194. The van der Waals surface area contributed by atoms with Gasteiger partial charge in [0.25, 0.3) is 0 Å². The summed E-state index contributed by atoms with van der Waals surface area (Å²) in [5, 5.41) is 0. The first-order valence-electron chi connectivity index (χ1n) is 9.56. The number of carbonyl (C=O) groups is 1. The number of benzene rings is 2. The summed E-state index contributed by atoms with van der Waals surface area (Å²) in [6.45, 7) is 5.51. The van der Waals surface area contributed by atoms with Crippen LogP contribution in [0.2, 0.25) is 0 Å². The summed E-state index contributed by atoms with van der Waals surface area (Å²) in [4.78, 5) is 19.2. The first-order chi connectivity index (χ1) is 13.6. The molecule has 0 N–H and O–H groups in total. The number of hydrogen-bond donors (Lipinski definition) is 0. The van der Waals surface area contributed by atoms with Crippen LogP contribution in [0.3, 0.4) is 0 Å². The number of rotatable bonds is 5. The Balaban J connectivity index is 1.34. The van der Waals surface area contributed by atoms with Gasteiger partial charge in [-0.25, -0.2) is 4.98 Å². The van der Waals surface area contributed by atoms with Crippen molar-refractivity contribution in [2.24, 2.45) is 0 Å². The summed E-state index contributed by atoms with van der Waals surface area (Å²) in [5.41, 5.74) is 5.71. The largest absolute Gasteiger partial charge is 0.441 e. The van der Waals surface area contributed by atoms with Crippen molar-refractivity contribution in [1.82, 2.24) is 9.88 Å². The molecule has 0 bridgehead atoms. The molecule has 0 aliphatic carbocycles. The molecular formula is C23H24N2O2S. The molecule has 0 radical (unpaired) electrons. The van der Waals surface area contributed by atoms with Crippen LogP contribution in [0.15, 0.2) is 52.9 Å². The van der Waals surface area contributed by atoms with Crippen molar-refractivity contribution in [3.8, 4) is 11.5 Å². The van der Waals surface area contributed by atoms with Crippen LogP contribution in [0.5, 0.6) is 0 Å². The zero-order valence-corrected chi connectivity index (χ0v) is 17.1. The van der Waals surface area contributed by atoms with Gasteiger partial charge in [-0.3, -0.25) is 4.79 Å². The molecule has 0 fully saturated rings. The second kappa shape index (κ2) is 8.23. The van der Waals surface area contributed by atoms with Gasteiger partial charge in [0.15, 0.2) is 0 Å².